The van der Waals surface area contributed by atoms with Gasteiger partial charge in [0.15, 0.2) is 11.5 Å². The van der Waals surface area contributed by atoms with Crippen LogP contribution in [-0.4, -0.2) is 42.6 Å². The Morgan fingerprint density at radius 2 is 1.92 bits per heavy atom. The molecule has 38 heavy (non-hydrogen) atoms. The topological polar surface area (TPSA) is 72.9 Å². The molecule has 0 aliphatic carbocycles. The fourth-order valence-corrected chi connectivity index (χ4v) is 4.66. The molecule has 7 heteroatoms. The third kappa shape index (κ3) is 7.25. The number of hydrogen-bond donors (Lipinski definition) is 1. The van der Waals surface area contributed by atoms with Gasteiger partial charge >= 0.3 is 0 Å². The van der Waals surface area contributed by atoms with Crippen molar-refractivity contribution in [3.63, 3.8) is 0 Å². The molecule has 202 valence electrons. The van der Waals surface area contributed by atoms with Crippen molar-refractivity contribution in [1.29, 1.82) is 0 Å². The number of para-hydroxylation sites is 2. The first-order chi connectivity index (χ1) is 18.4. The minimum absolute atomic E-state index is 0.00401. The molecule has 3 aromatic rings. The number of ether oxygens (including phenoxy) is 3. The third-order valence-corrected chi connectivity index (χ3v) is 6.83. The normalized spacial score (nSPS) is 14.6. The lowest BCUT2D eigenvalue weighted by molar-refractivity contribution is -0.122. The Balaban J connectivity index is 1.47. The Morgan fingerprint density at radius 1 is 1.11 bits per heavy atom. The van der Waals surface area contributed by atoms with E-state index < -0.39 is 0 Å². The highest BCUT2D eigenvalue weighted by Gasteiger charge is 2.18. The number of pyridine rings is 1. The largest absolute Gasteiger partial charge is 0.496 e. The number of amides is 1. The molecular formula is C31H39N3O4. The maximum Gasteiger partial charge on any atom is 0.234 e. The zero-order chi connectivity index (χ0) is 26.9. The van der Waals surface area contributed by atoms with Crippen LogP contribution in [0.1, 0.15) is 61.3 Å². The Kier molecular flexibility index (Phi) is 9.60. The van der Waals surface area contributed by atoms with Crippen molar-refractivity contribution >= 4 is 5.91 Å². The van der Waals surface area contributed by atoms with E-state index in [0.717, 1.165) is 53.8 Å². The molecule has 0 saturated carbocycles. The van der Waals surface area contributed by atoms with Gasteiger partial charge in [0, 0.05) is 24.8 Å². The molecule has 1 aliphatic heterocycles. The predicted octanol–water partition coefficient (Wildman–Crippen LogP) is 6.00. The summed E-state index contributed by atoms with van der Waals surface area (Å²) in [5, 5.41) is 3.14. The maximum atomic E-state index is 13.1. The SMILES string of the molecule is COc1cc(C)c(CNC(=O)CN2CCCCCOc3ccccc3Oc3ncccc3C2)cc1C(C)C. The smallest absolute Gasteiger partial charge is 0.234 e. The molecule has 0 spiro atoms. The van der Waals surface area contributed by atoms with Crippen LogP contribution in [0.25, 0.3) is 0 Å². The van der Waals surface area contributed by atoms with Gasteiger partial charge in [0.1, 0.15) is 5.75 Å². The van der Waals surface area contributed by atoms with E-state index in [2.05, 4.69) is 48.1 Å². The summed E-state index contributed by atoms with van der Waals surface area (Å²) in [6.45, 7) is 9.12. The highest BCUT2D eigenvalue weighted by atomic mass is 16.5. The maximum absolute atomic E-state index is 13.1. The highest BCUT2D eigenvalue weighted by Crippen LogP contribution is 2.33. The van der Waals surface area contributed by atoms with E-state index in [0.29, 0.717) is 49.5 Å². The number of aromatic nitrogens is 1. The highest BCUT2D eigenvalue weighted by molar-refractivity contribution is 5.78. The van der Waals surface area contributed by atoms with Crippen molar-refractivity contribution in [3.05, 3.63) is 77.0 Å². The second-order valence-electron chi connectivity index (χ2n) is 10.1. The number of nitrogens with zero attached hydrogens (tertiary/aromatic N) is 2. The van der Waals surface area contributed by atoms with Crippen molar-refractivity contribution in [2.24, 2.45) is 0 Å². The Bertz CT molecular complexity index is 1230. The summed E-state index contributed by atoms with van der Waals surface area (Å²) in [6.07, 6.45) is 4.66. The van der Waals surface area contributed by atoms with Crippen LogP contribution >= 0.6 is 0 Å². The Morgan fingerprint density at radius 3 is 2.71 bits per heavy atom. The van der Waals surface area contributed by atoms with Crippen molar-refractivity contribution in [1.82, 2.24) is 15.2 Å². The van der Waals surface area contributed by atoms with Crippen LogP contribution in [0, 0.1) is 6.92 Å². The molecule has 0 atom stereocenters. The van der Waals surface area contributed by atoms with Gasteiger partial charge in [-0.15, -0.1) is 0 Å². The zero-order valence-electron chi connectivity index (χ0n) is 23.0. The van der Waals surface area contributed by atoms with Crippen molar-refractivity contribution in [2.45, 2.75) is 59.0 Å². The number of nitrogens with one attached hydrogen (secondary N) is 1. The van der Waals surface area contributed by atoms with E-state index in [-0.39, 0.29) is 5.91 Å². The fourth-order valence-electron chi connectivity index (χ4n) is 4.66. The molecule has 0 unspecified atom stereocenters. The van der Waals surface area contributed by atoms with E-state index >= 15 is 0 Å². The number of fused-ring (bicyclic) bond motifs is 2. The molecule has 1 N–H and O–H groups in total. The summed E-state index contributed by atoms with van der Waals surface area (Å²) in [5.41, 5.74) is 4.29. The third-order valence-electron chi connectivity index (χ3n) is 6.83. The number of aryl methyl sites for hydroxylation is 1. The average Bonchev–Trinajstić information content (AvgIpc) is 2.92. The molecule has 1 amide bonds. The van der Waals surface area contributed by atoms with Gasteiger partial charge in [-0.25, -0.2) is 4.98 Å². The Labute approximate surface area is 226 Å². The van der Waals surface area contributed by atoms with Crippen LogP contribution in [0.2, 0.25) is 0 Å². The van der Waals surface area contributed by atoms with E-state index in [1.165, 1.54) is 0 Å². The lowest BCUT2D eigenvalue weighted by atomic mass is 9.96. The molecular weight excluding hydrogens is 478 g/mol. The van der Waals surface area contributed by atoms with E-state index in [9.17, 15) is 4.79 Å². The quantitative estimate of drug-likeness (QED) is 0.433. The number of carbonyl (C=O) groups is 1. The molecule has 0 bridgehead atoms. The van der Waals surface area contributed by atoms with Gasteiger partial charge in [-0.1, -0.05) is 32.0 Å². The van der Waals surface area contributed by atoms with Crippen LogP contribution in [-0.2, 0) is 17.9 Å². The van der Waals surface area contributed by atoms with Crippen LogP contribution < -0.4 is 19.5 Å². The average molecular weight is 518 g/mol. The molecule has 4 rings (SSSR count). The summed E-state index contributed by atoms with van der Waals surface area (Å²) < 4.78 is 17.8. The summed E-state index contributed by atoms with van der Waals surface area (Å²) >= 11 is 0. The molecule has 0 fully saturated rings. The number of methoxy groups -OCH3 is 1. The fraction of sp³-hybridized carbons (Fsp3) is 0.419. The minimum atomic E-state index is -0.00401. The van der Waals surface area contributed by atoms with Gasteiger partial charge in [0.2, 0.25) is 11.8 Å². The van der Waals surface area contributed by atoms with Gasteiger partial charge in [0.25, 0.3) is 0 Å². The van der Waals surface area contributed by atoms with Gasteiger partial charge in [-0.2, -0.15) is 0 Å². The van der Waals surface area contributed by atoms with Gasteiger partial charge < -0.3 is 19.5 Å². The van der Waals surface area contributed by atoms with Gasteiger partial charge in [-0.05, 0) is 85.7 Å². The van der Waals surface area contributed by atoms with Crippen molar-refractivity contribution in [2.75, 3.05) is 26.8 Å². The standard InChI is InChI=1S/C31H39N3O4/c1-22(2)26-18-25(23(3)17-29(26)36-4)19-33-30(35)21-34-15-8-5-9-16-37-27-12-6-7-13-28(27)38-31-24(20-34)11-10-14-32-31/h6-7,10-14,17-18,22H,5,8-9,15-16,19-21H2,1-4H3,(H,33,35). The van der Waals surface area contributed by atoms with Crippen LogP contribution in [0.5, 0.6) is 23.1 Å². The van der Waals surface area contributed by atoms with Crippen LogP contribution in [0.3, 0.4) is 0 Å². The Hall–Kier alpha value is -3.58. The monoisotopic (exact) mass is 517 g/mol. The summed E-state index contributed by atoms with van der Waals surface area (Å²) in [7, 11) is 1.70. The van der Waals surface area contributed by atoms with E-state index in [4.69, 9.17) is 14.2 Å². The van der Waals surface area contributed by atoms with E-state index in [1.807, 2.05) is 36.4 Å². The van der Waals surface area contributed by atoms with Gasteiger partial charge in [0.05, 0.1) is 20.3 Å². The molecule has 1 aliphatic rings. The first kappa shape index (κ1) is 27.5. The second-order valence-corrected chi connectivity index (χ2v) is 10.1. The summed E-state index contributed by atoms with van der Waals surface area (Å²) in [5.74, 6) is 3.12. The minimum Gasteiger partial charge on any atom is -0.496 e. The number of carbonyl (C=O) groups excluding carboxylic acids is 1. The van der Waals surface area contributed by atoms with Crippen LogP contribution in [0.4, 0.5) is 0 Å². The number of rotatable bonds is 6. The lowest BCUT2D eigenvalue weighted by Gasteiger charge is -2.23. The van der Waals surface area contributed by atoms with Gasteiger partial charge in [-0.3, -0.25) is 9.69 Å². The molecule has 7 nitrogen and oxygen atoms in total. The van der Waals surface area contributed by atoms with Crippen molar-refractivity contribution < 1.29 is 19.0 Å². The lowest BCUT2D eigenvalue weighted by Crippen LogP contribution is -2.37. The summed E-state index contributed by atoms with van der Waals surface area (Å²) in [6, 6.07) is 15.8. The zero-order valence-corrected chi connectivity index (χ0v) is 23.0. The summed E-state index contributed by atoms with van der Waals surface area (Å²) in [4.78, 5) is 19.8. The number of benzene rings is 2. The molecule has 2 aromatic carbocycles. The molecule has 0 saturated heterocycles. The number of hydrogen-bond acceptors (Lipinski definition) is 6. The van der Waals surface area contributed by atoms with E-state index in [1.54, 1.807) is 13.3 Å². The molecule has 1 aromatic heterocycles. The van der Waals surface area contributed by atoms with Crippen LogP contribution in [0.15, 0.2) is 54.7 Å². The van der Waals surface area contributed by atoms with Crippen molar-refractivity contribution in [3.8, 4) is 23.1 Å². The predicted molar refractivity (Wildman–Crippen MR) is 149 cm³/mol. The first-order valence-corrected chi connectivity index (χ1v) is 13.4. The first-order valence-electron chi connectivity index (χ1n) is 13.4. The second kappa shape index (κ2) is 13.3. The molecule has 2 heterocycles. The molecule has 0 radical (unpaired) electrons.